The van der Waals surface area contributed by atoms with Crippen LogP contribution in [0, 0.1) is 6.92 Å². The summed E-state index contributed by atoms with van der Waals surface area (Å²) in [6.45, 7) is 1.89. The minimum absolute atomic E-state index is 0. The van der Waals surface area contributed by atoms with Crippen LogP contribution in [0.2, 0.25) is 0 Å². The Morgan fingerprint density at radius 1 is 1.21 bits per heavy atom. The van der Waals surface area contributed by atoms with E-state index in [9.17, 15) is 8.42 Å². The molecule has 0 aromatic heterocycles. The Morgan fingerprint density at radius 2 is 1.71 bits per heavy atom. The fourth-order valence-corrected chi connectivity index (χ4v) is 0.908. The van der Waals surface area contributed by atoms with Crippen LogP contribution in [0.5, 0.6) is 0 Å². The number of nitrogens with zero attached hydrogens (tertiary/aromatic N) is 2. The summed E-state index contributed by atoms with van der Waals surface area (Å²) in [6.07, 6.45) is 0. The second kappa shape index (κ2) is 5.57. The van der Waals surface area contributed by atoms with E-state index in [-0.39, 0.29) is 29.6 Å². The molecule has 1 radical (unpaired) electrons. The summed E-state index contributed by atoms with van der Waals surface area (Å²) in [5.74, 6) is 0. The maximum atomic E-state index is 10.2. The standard InChI is InChI=1S/C7H8N2O3S.Na/c1-6-2-4-7(5-3-6)8-9-13(10,11)12;/h2-5H,1H3,(H,10,11,12);. The third-order valence-electron chi connectivity index (χ3n) is 1.29. The molecule has 0 atom stereocenters. The van der Waals surface area contributed by atoms with E-state index in [1.165, 1.54) is 0 Å². The van der Waals surface area contributed by atoms with Gasteiger partial charge in [0.05, 0.1) is 5.69 Å². The van der Waals surface area contributed by atoms with Crippen LogP contribution in [0.15, 0.2) is 33.9 Å². The molecule has 0 aliphatic rings. The molecule has 71 valence electrons. The molecule has 0 spiro atoms. The Morgan fingerprint density at radius 3 is 2.14 bits per heavy atom. The summed E-state index contributed by atoms with van der Waals surface area (Å²) in [4.78, 5) is 0. The Labute approximate surface area is 104 Å². The summed E-state index contributed by atoms with van der Waals surface area (Å²) in [5, 5.41) is 3.31. The van der Waals surface area contributed by atoms with Crippen molar-refractivity contribution in [3.63, 3.8) is 0 Å². The van der Waals surface area contributed by atoms with Crippen molar-refractivity contribution in [3.8, 4) is 0 Å². The van der Waals surface area contributed by atoms with Gasteiger partial charge in [-0.15, -0.1) is 5.11 Å². The van der Waals surface area contributed by atoms with Crippen molar-refractivity contribution in [1.82, 2.24) is 0 Å². The van der Waals surface area contributed by atoms with E-state index in [2.05, 4.69) is 9.63 Å². The monoisotopic (exact) mass is 223 g/mol. The zero-order chi connectivity index (χ0) is 9.90. The Balaban J connectivity index is 0.00000169. The van der Waals surface area contributed by atoms with E-state index in [0.29, 0.717) is 5.69 Å². The second-order valence-corrected chi connectivity index (χ2v) is 3.52. The van der Waals surface area contributed by atoms with Gasteiger partial charge in [0.25, 0.3) is 0 Å². The van der Waals surface area contributed by atoms with Crippen molar-refractivity contribution in [3.05, 3.63) is 29.8 Å². The van der Waals surface area contributed by atoms with Crippen LogP contribution < -0.4 is 0 Å². The van der Waals surface area contributed by atoms with Crippen LogP contribution >= 0.6 is 0 Å². The van der Waals surface area contributed by atoms with E-state index in [0.717, 1.165) is 5.56 Å². The largest absolute Gasteiger partial charge is 0.396 e. The first-order valence-corrected chi connectivity index (χ1v) is 4.84. The molecule has 0 saturated carbocycles. The van der Waals surface area contributed by atoms with Gasteiger partial charge >= 0.3 is 10.3 Å². The molecule has 0 bridgehead atoms. The number of benzene rings is 1. The van der Waals surface area contributed by atoms with Crippen LogP contribution in [0.4, 0.5) is 5.69 Å². The molecule has 1 aromatic rings. The summed E-state index contributed by atoms with van der Waals surface area (Å²) in [5.41, 5.74) is 1.41. The molecule has 14 heavy (non-hydrogen) atoms. The molecule has 0 amide bonds. The van der Waals surface area contributed by atoms with Gasteiger partial charge < -0.3 is 0 Å². The van der Waals surface area contributed by atoms with Gasteiger partial charge in [-0.2, -0.15) is 8.42 Å². The molecule has 7 heteroatoms. The molecule has 0 fully saturated rings. The third kappa shape index (κ3) is 5.46. The van der Waals surface area contributed by atoms with Gasteiger partial charge in [0.1, 0.15) is 0 Å². The topological polar surface area (TPSA) is 79.1 Å². The molecule has 0 aliphatic heterocycles. The van der Waals surface area contributed by atoms with Gasteiger partial charge in [-0.25, -0.2) is 0 Å². The summed E-state index contributed by atoms with van der Waals surface area (Å²) in [7, 11) is -4.37. The first kappa shape index (κ1) is 13.7. The first-order chi connectivity index (χ1) is 5.97. The molecule has 0 heterocycles. The summed E-state index contributed by atoms with van der Waals surface area (Å²) >= 11 is 0. The SMILES string of the molecule is Cc1ccc(N=NS(=O)(=O)O)cc1.[Na]. The summed E-state index contributed by atoms with van der Waals surface area (Å²) in [6, 6.07) is 6.73. The molecule has 1 N–H and O–H groups in total. The molecule has 0 aliphatic carbocycles. The molecule has 0 saturated heterocycles. The van der Waals surface area contributed by atoms with Crippen LogP contribution in [0.3, 0.4) is 0 Å². The Kier molecular flexibility index (Phi) is 5.46. The van der Waals surface area contributed by atoms with Gasteiger partial charge in [0, 0.05) is 29.6 Å². The Bertz CT molecular complexity index is 413. The minimum Gasteiger partial charge on any atom is -0.267 e. The van der Waals surface area contributed by atoms with E-state index in [1.807, 2.05) is 6.92 Å². The average molecular weight is 223 g/mol. The van der Waals surface area contributed by atoms with Crippen molar-refractivity contribution in [2.75, 3.05) is 0 Å². The molecule has 5 nitrogen and oxygen atoms in total. The van der Waals surface area contributed by atoms with Gasteiger partial charge in [-0.3, -0.25) is 4.55 Å². The van der Waals surface area contributed by atoms with Crippen molar-refractivity contribution >= 4 is 45.5 Å². The van der Waals surface area contributed by atoms with E-state index >= 15 is 0 Å². The summed E-state index contributed by atoms with van der Waals surface area (Å²) < 4.78 is 31.3. The van der Waals surface area contributed by atoms with E-state index < -0.39 is 10.3 Å². The fourth-order valence-electron chi connectivity index (χ4n) is 0.710. The van der Waals surface area contributed by atoms with Gasteiger partial charge in [0.2, 0.25) is 0 Å². The van der Waals surface area contributed by atoms with Gasteiger partial charge in [-0.05, 0) is 23.6 Å². The number of hydrogen-bond donors (Lipinski definition) is 1. The minimum atomic E-state index is -4.37. The quantitative estimate of drug-likeness (QED) is 0.468. The van der Waals surface area contributed by atoms with Crippen molar-refractivity contribution < 1.29 is 13.0 Å². The maximum Gasteiger partial charge on any atom is 0.396 e. The number of hydrogen-bond acceptors (Lipinski definition) is 3. The van der Waals surface area contributed by atoms with E-state index in [1.54, 1.807) is 24.3 Å². The zero-order valence-corrected chi connectivity index (χ0v) is 10.7. The zero-order valence-electron chi connectivity index (χ0n) is 7.88. The smallest absolute Gasteiger partial charge is 0.267 e. The third-order valence-corrected chi connectivity index (χ3v) is 1.58. The number of rotatable bonds is 2. The Hall–Kier alpha value is -0.270. The van der Waals surface area contributed by atoms with Gasteiger partial charge in [0.15, 0.2) is 0 Å². The fraction of sp³-hybridized carbons (Fsp3) is 0.143. The molecule has 0 unspecified atom stereocenters. The molecular weight excluding hydrogens is 215 g/mol. The van der Waals surface area contributed by atoms with E-state index in [4.69, 9.17) is 4.55 Å². The first-order valence-electron chi connectivity index (χ1n) is 3.44. The van der Waals surface area contributed by atoms with Crippen LogP contribution in [-0.4, -0.2) is 42.5 Å². The average Bonchev–Trinajstić information content (AvgIpc) is 2.02. The van der Waals surface area contributed by atoms with Crippen LogP contribution in [0.25, 0.3) is 0 Å². The predicted octanol–water partition coefficient (Wildman–Crippen LogP) is 1.50. The maximum absolute atomic E-state index is 10.2. The molecular formula is C7H8N2NaO3S. The van der Waals surface area contributed by atoms with Crippen LogP contribution in [0.1, 0.15) is 5.56 Å². The molecule has 1 rings (SSSR count). The predicted molar refractivity (Wildman–Crippen MR) is 53.0 cm³/mol. The normalized spacial score (nSPS) is 11.3. The van der Waals surface area contributed by atoms with Crippen molar-refractivity contribution in [1.29, 1.82) is 0 Å². The van der Waals surface area contributed by atoms with Gasteiger partial charge in [-0.1, -0.05) is 17.7 Å². The van der Waals surface area contributed by atoms with Crippen molar-refractivity contribution in [2.24, 2.45) is 9.63 Å². The number of aryl methyl sites for hydroxylation is 1. The van der Waals surface area contributed by atoms with Crippen molar-refractivity contribution in [2.45, 2.75) is 6.92 Å². The molecule has 1 aromatic carbocycles. The van der Waals surface area contributed by atoms with Crippen LogP contribution in [-0.2, 0) is 10.3 Å². The second-order valence-electron chi connectivity index (χ2n) is 2.47.